The van der Waals surface area contributed by atoms with Crippen LogP contribution in [0.25, 0.3) is 0 Å². The van der Waals surface area contributed by atoms with Crippen molar-refractivity contribution in [1.82, 2.24) is 0 Å². The molecule has 0 saturated carbocycles. The molecule has 0 nitrogen and oxygen atoms in total. The Morgan fingerprint density at radius 1 is 1.50 bits per heavy atom. The van der Waals surface area contributed by atoms with E-state index >= 15 is 0 Å². The van der Waals surface area contributed by atoms with Crippen molar-refractivity contribution in [1.29, 1.82) is 0 Å². The zero-order chi connectivity index (χ0) is 6.41. The van der Waals surface area contributed by atoms with Crippen LogP contribution in [0.4, 0.5) is 0 Å². The molecule has 0 aliphatic heterocycles. The number of allylic oxidation sites excluding steroid dienone is 1. The Bertz CT molecular complexity index is 62.4. The van der Waals surface area contributed by atoms with E-state index in [0.29, 0.717) is 5.57 Å². The van der Waals surface area contributed by atoms with Gasteiger partial charge >= 0.3 is 6.58 Å². The topological polar surface area (TPSA) is 0 Å². The first-order chi connectivity index (χ1) is 3.77. The molecule has 8 heavy (non-hydrogen) atoms. The van der Waals surface area contributed by atoms with E-state index in [9.17, 15) is 0 Å². The maximum absolute atomic E-state index is 6.94. The maximum Gasteiger partial charge on any atom is 0.332 e. The fourth-order valence-electron chi connectivity index (χ4n) is 0.515. The predicted octanol–water partition coefficient (Wildman–Crippen LogP) is 2.45. The Labute approximate surface area is 52.6 Å². The third kappa shape index (κ3) is 5.61. The lowest BCUT2D eigenvalue weighted by Crippen LogP contribution is -1.75. The van der Waals surface area contributed by atoms with Gasteiger partial charge in [-0.1, -0.05) is 6.42 Å². The fourth-order valence-corrected chi connectivity index (χ4v) is 0.515. The molecular formula is C8H12. The summed E-state index contributed by atoms with van der Waals surface area (Å²) in [5, 5.41) is 0. The minimum absolute atomic E-state index is 0.540. The van der Waals surface area contributed by atoms with Crippen molar-refractivity contribution in [2.75, 3.05) is 0 Å². The molecule has 0 fully saturated rings. The van der Waals surface area contributed by atoms with E-state index in [2.05, 4.69) is 13.8 Å². The van der Waals surface area contributed by atoms with Gasteiger partial charge in [-0.05, 0) is 6.42 Å². The molecule has 2 radical (unpaired) electrons. The second-order valence-corrected chi connectivity index (χ2v) is 1.91. The molecule has 0 aliphatic rings. The Balaban J connectivity index is 2.82. The van der Waals surface area contributed by atoms with Crippen LogP contribution in [0.1, 0.15) is 25.7 Å². The van der Waals surface area contributed by atoms with Gasteiger partial charge in [-0.15, -0.1) is 0 Å². The van der Waals surface area contributed by atoms with Crippen molar-refractivity contribution in [2.45, 2.75) is 25.7 Å². The van der Waals surface area contributed by atoms with Crippen LogP contribution in [0.2, 0.25) is 0 Å². The van der Waals surface area contributed by atoms with E-state index in [-0.39, 0.29) is 0 Å². The lowest BCUT2D eigenvalue weighted by atomic mass is 10.1. The van der Waals surface area contributed by atoms with Crippen molar-refractivity contribution < 1.29 is 0 Å². The molecule has 0 spiro atoms. The van der Waals surface area contributed by atoms with Crippen molar-refractivity contribution in [2.24, 2.45) is 0 Å². The highest BCUT2D eigenvalue weighted by atomic mass is 13.9. The maximum atomic E-state index is 6.94. The fraction of sp³-hybridized carbons (Fsp3) is 0.500. The molecule has 0 heteroatoms. The zero-order valence-electron chi connectivity index (χ0n) is 5.24. The number of hydrogen-bond donors (Lipinski definition) is 0. The van der Waals surface area contributed by atoms with Crippen molar-refractivity contribution in [3.05, 3.63) is 26.0 Å². The van der Waals surface area contributed by atoms with E-state index in [4.69, 9.17) is 6.58 Å². The van der Waals surface area contributed by atoms with Gasteiger partial charge in [0.25, 0.3) is 0 Å². The molecule has 44 valence electrons. The van der Waals surface area contributed by atoms with Gasteiger partial charge in [-0.2, -0.15) is 6.42 Å². The smallest absolute Gasteiger partial charge is 0.332 e. The van der Waals surface area contributed by atoms with Gasteiger partial charge in [0, 0.05) is 13.3 Å². The van der Waals surface area contributed by atoms with E-state index in [1.807, 2.05) is 0 Å². The summed E-state index contributed by atoms with van der Waals surface area (Å²) < 4.78 is 0. The molecule has 0 unspecified atom stereocenters. The van der Waals surface area contributed by atoms with Crippen molar-refractivity contribution >= 4 is 0 Å². The van der Waals surface area contributed by atoms with Gasteiger partial charge in [-0.3, -0.25) is 0 Å². The van der Waals surface area contributed by atoms with E-state index in [0.717, 1.165) is 25.7 Å². The van der Waals surface area contributed by atoms with E-state index in [1.165, 1.54) is 0 Å². The Hall–Kier alpha value is -0.390. The van der Waals surface area contributed by atoms with Crippen LogP contribution in [0.5, 0.6) is 0 Å². The van der Waals surface area contributed by atoms with Crippen LogP contribution in [0.3, 0.4) is 0 Å². The average Bonchev–Trinajstić information content (AvgIpc) is 1.66. The molecule has 0 amide bonds. The molecule has 0 heterocycles. The first-order valence-electron chi connectivity index (χ1n) is 2.96. The molecule has 0 N–H and O–H groups in total. The molecule has 0 rings (SSSR count). The highest BCUT2D eigenvalue weighted by Gasteiger charge is 1.92. The van der Waals surface area contributed by atoms with Gasteiger partial charge in [0.1, 0.15) is 0 Å². The summed E-state index contributed by atoms with van der Waals surface area (Å²) in [4.78, 5) is 0. The highest BCUT2D eigenvalue weighted by Crippen LogP contribution is 2.03. The molecule has 0 aromatic heterocycles. The van der Waals surface area contributed by atoms with Crippen LogP contribution in [0.15, 0.2) is 5.57 Å². The Morgan fingerprint density at radius 3 is 2.50 bits per heavy atom. The summed E-state index contributed by atoms with van der Waals surface area (Å²) >= 11 is 0. The second-order valence-electron chi connectivity index (χ2n) is 1.91. The SMILES string of the molecule is [C]=C([CH2+])CCCC[CH2-]. The van der Waals surface area contributed by atoms with Gasteiger partial charge in [0.15, 0.2) is 5.57 Å². The summed E-state index contributed by atoms with van der Waals surface area (Å²) in [6.07, 6.45) is 4.02. The van der Waals surface area contributed by atoms with Crippen LogP contribution >= 0.6 is 0 Å². The van der Waals surface area contributed by atoms with Gasteiger partial charge in [-0.25, -0.2) is 0 Å². The van der Waals surface area contributed by atoms with Gasteiger partial charge < -0.3 is 6.92 Å². The summed E-state index contributed by atoms with van der Waals surface area (Å²) in [7, 11) is 0. The molecule has 0 saturated heterocycles. The summed E-state index contributed by atoms with van der Waals surface area (Å²) in [6.45, 7) is 14.1. The summed E-state index contributed by atoms with van der Waals surface area (Å²) in [6, 6.07) is 0. The summed E-state index contributed by atoms with van der Waals surface area (Å²) in [5.74, 6) is 0. The normalized spacial score (nSPS) is 9.12. The third-order valence-electron chi connectivity index (χ3n) is 0.979. The predicted molar refractivity (Wildman–Crippen MR) is 35.9 cm³/mol. The molecule has 0 aromatic rings. The molecular weight excluding hydrogens is 96.1 g/mol. The minimum atomic E-state index is 0.540. The largest absolute Gasteiger partial charge is 0.343 e. The Kier molecular flexibility index (Phi) is 4.53. The van der Waals surface area contributed by atoms with E-state index in [1.54, 1.807) is 0 Å². The van der Waals surface area contributed by atoms with E-state index < -0.39 is 0 Å². The first-order valence-corrected chi connectivity index (χ1v) is 2.96. The molecule has 0 aliphatic carbocycles. The average molecular weight is 108 g/mol. The van der Waals surface area contributed by atoms with Crippen molar-refractivity contribution in [3.63, 3.8) is 0 Å². The van der Waals surface area contributed by atoms with Crippen molar-refractivity contribution in [3.8, 4) is 0 Å². The van der Waals surface area contributed by atoms with Crippen LogP contribution in [-0.2, 0) is 0 Å². The second kappa shape index (κ2) is 4.76. The van der Waals surface area contributed by atoms with Crippen LogP contribution in [-0.4, -0.2) is 0 Å². The summed E-state index contributed by atoms with van der Waals surface area (Å²) in [5.41, 5.74) is 0.540. The van der Waals surface area contributed by atoms with Gasteiger partial charge in [0.05, 0.1) is 0 Å². The minimum Gasteiger partial charge on any atom is -0.343 e. The number of hydrogen-bond acceptors (Lipinski definition) is 0. The third-order valence-corrected chi connectivity index (χ3v) is 0.979. The Morgan fingerprint density at radius 2 is 2.12 bits per heavy atom. The quantitative estimate of drug-likeness (QED) is 0.383. The number of unbranched alkanes of at least 4 members (excludes halogenated alkanes) is 2. The lowest BCUT2D eigenvalue weighted by Gasteiger charge is -1.93. The first kappa shape index (κ1) is 7.61. The molecule has 0 aromatic carbocycles. The monoisotopic (exact) mass is 108 g/mol. The molecule has 0 bridgehead atoms. The highest BCUT2D eigenvalue weighted by molar-refractivity contribution is 4.93. The zero-order valence-corrected chi connectivity index (χ0v) is 5.24. The van der Waals surface area contributed by atoms with Gasteiger partial charge in [0.2, 0.25) is 0 Å². The molecule has 0 atom stereocenters. The number of rotatable bonds is 4. The van der Waals surface area contributed by atoms with Crippen LogP contribution in [0, 0.1) is 20.4 Å². The van der Waals surface area contributed by atoms with Crippen LogP contribution < -0.4 is 0 Å². The standard InChI is InChI=1S/C8H12/c1-4-5-6-7-8(2)3/h1-2,4-7H2. The lowest BCUT2D eigenvalue weighted by molar-refractivity contribution is 0.748.